The molecule has 0 spiro atoms. The molecular formula is C21H27NO4Si. The predicted molar refractivity (Wildman–Crippen MR) is 109 cm³/mol. The molecule has 27 heavy (non-hydrogen) atoms. The van der Waals surface area contributed by atoms with Crippen LogP contribution in [-0.2, 0) is 14.0 Å². The topological polar surface area (TPSA) is 78.6 Å². The van der Waals surface area contributed by atoms with Crippen molar-refractivity contribution >= 4 is 30.6 Å². The Kier molecular flexibility index (Phi) is 6.93. The van der Waals surface area contributed by atoms with E-state index in [-0.39, 0.29) is 30.5 Å². The smallest absolute Gasteiger partial charge is 0.404 e. The molecule has 0 saturated heterocycles. The Morgan fingerprint density at radius 3 is 1.81 bits per heavy atom. The first-order chi connectivity index (χ1) is 12.8. The summed E-state index contributed by atoms with van der Waals surface area (Å²) in [5.74, 6) is -0.216. The van der Waals surface area contributed by atoms with E-state index < -0.39 is 14.4 Å². The van der Waals surface area contributed by atoms with E-state index in [1.807, 2.05) is 36.4 Å². The molecule has 0 aliphatic heterocycles. The first-order valence-electron chi connectivity index (χ1n) is 8.96. The molecule has 0 heterocycles. The molecular weight excluding hydrogens is 358 g/mol. The normalized spacial score (nSPS) is 11.8. The number of primary amides is 1. The van der Waals surface area contributed by atoms with Crippen molar-refractivity contribution in [2.75, 3.05) is 13.2 Å². The average Bonchev–Trinajstić information content (AvgIpc) is 2.64. The molecule has 2 N–H and O–H groups in total. The van der Waals surface area contributed by atoms with Gasteiger partial charge in [-0.25, -0.2) is 4.79 Å². The molecule has 0 bridgehead atoms. The predicted octanol–water partition coefficient (Wildman–Crippen LogP) is 2.62. The van der Waals surface area contributed by atoms with E-state index in [1.54, 1.807) is 0 Å². The number of hydrogen-bond acceptors (Lipinski definition) is 4. The van der Waals surface area contributed by atoms with Gasteiger partial charge in [0.1, 0.15) is 0 Å². The summed E-state index contributed by atoms with van der Waals surface area (Å²) in [5, 5.41) is 2.16. The van der Waals surface area contributed by atoms with Crippen molar-refractivity contribution < 1.29 is 18.8 Å². The number of benzene rings is 2. The lowest BCUT2D eigenvalue weighted by molar-refractivity contribution is -0.122. The number of nitrogens with two attached hydrogens (primary N) is 1. The van der Waals surface area contributed by atoms with Gasteiger partial charge in [0.2, 0.25) is 0 Å². The van der Waals surface area contributed by atoms with Crippen molar-refractivity contribution in [2.24, 2.45) is 5.73 Å². The summed E-state index contributed by atoms with van der Waals surface area (Å²) in [6.07, 6.45) is -0.783. The Morgan fingerprint density at radius 1 is 0.926 bits per heavy atom. The van der Waals surface area contributed by atoms with Gasteiger partial charge < -0.3 is 14.9 Å². The number of rotatable bonds is 8. The molecule has 2 aromatic rings. The number of Topliss-reactive ketones (excluding diaryl/α,β-unsaturated/α-hetero) is 1. The van der Waals surface area contributed by atoms with Crippen molar-refractivity contribution in [1.29, 1.82) is 0 Å². The van der Waals surface area contributed by atoms with Gasteiger partial charge in [-0.2, -0.15) is 0 Å². The van der Waals surface area contributed by atoms with Gasteiger partial charge in [-0.3, -0.25) is 4.79 Å². The SMILES string of the molecule is CC(C)(C)[Si](OCCC(=O)COC(N)=O)(c1ccccc1)c1ccccc1. The molecule has 5 nitrogen and oxygen atoms in total. The molecule has 0 atom stereocenters. The number of amides is 1. The largest absolute Gasteiger partial charge is 0.442 e. The van der Waals surface area contributed by atoms with Crippen LogP contribution in [0.25, 0.3) is 0 Å². The summed E-state index contributed by atoms with van der Waals surface area (Å²) < 4.78 is 11.2. The minimum Gasteiger partial charge on any atom is -0.442 e. The third-order valence-corrected chi connectivity index (χ3v) is 9.53. The summed E-state index contributed by atoms with van der Waals surface area (Å²) in [4.78, 5) is 22.6. The Balaban J connectivity index is 2.33. The third kappa shape index (κ3) is 5.05. The van der Waals surface area contributed by atoms with Gasteiger partial charge in [-0.05, 0) is 15.4 Å². The summed E-state index contributed by atoms with van der Waals surface area (Å²) >= 11 is 0. The number of hydrogen-bond donors (Lipinski definition) is 1. The highest BCUT2D eigenvalue weighted by atomic mass is 28.4. The maximum Gasteiger partial charge on any atom is 0.404 e. The second kappa shape index (κ2) is 8.97. The van der Waals surface area contributed by atoms with Crippen LogP contribution in [0, 0.1) is 0 Å². The molecule has 0 aromatic heterocycles. The van der Waals surface area contributed by atoms with E-state index in [2.05, 4.69) is 49.8 Å². The highest BCUT2D eigenvalue weighted by Crippen LogP contribution is 2.36. The summed E-state index contributed by atoms with van der Waals surface area (Å²) in [7, 11) is -2.65. The molecule has 0 saturated carbocycles. The van der Waals surface area contributed by atoms with Crippen LogP contribution < -0.4 is 16.1 Å². The monoisotopic (exact) mass is 385 g/mol. The van der Waals surface area contributed by atoms with Crippen LogP contribution in [0.3, 0.4) is 0 Å². The average molecular weight is 386 g/mol. The minimum absolute atomic E-state index is 0.150. The molecule has 2 aromatic carbocycles. The molecule has 0 aliphatic rings. The van der Waals surface area contributed by atoms with Crippen molar-refractivity contribution in [2.45, 2.75) is 32.2 Å². The van der Waals surface area contributed by atoms with Gasteiger partial charge in [0.15, 0.2) is 12.4 Å². The highest BCUT2D eigenvalue weighted by molar-refractivity contribution is 6.99. The van der Waals surface area contributed by atoms with Gasteiger partial charge in [0.25, 0.3) is 8.32 Å². The van der Waals surface area contributed by atoms with E-state index in [9.17, 15) is 9.59 Å². The highest BCUT2D eigenvalue weighted by Gasteiger charge is 2.50. The fraction of sp³-hybridized carbons (Fsp3) is 0.333. The van der Waals surface area contributed by atoms with Crippen molar-refractivity contribution in [3.63, 3.8) is 0 Å². The van der Waals surface area contributed by atoms with E-state index in [0.717, 1.165) is 10.4 Å². The van der Waals surface area contributed by atoms with Crippen LogP contribution in [0.2, 0.25) is 5.04 Å². The summed E-state index contributed by atoms with van der Waals surface area (Å²) in [6, 6.07) is 20.4. The number of carbonyl (C=O) groups is 2. The van der Waals surface area contributed by atoms with E-state index in [0.29, 0.717) is 0 Å². The third-order valence-electron chi connectivity index (χ3n) is 4.49. The lowest BCUT2D eigenvalue weighted by Crippen LogP contribution is -2.66. The van der Waals surface area contributed by atoms with Crippen molar-refractivity contribution in [1.82, 2.24) is 0 Å². The Labute approximate surface area is 161 Å². The van der Waals surface area contributed by atoms with Gasteiger partial charge in [-0.15, -0.1) is 0 Å². The van der Waals surface area contributed by atoms with E-state index >= 15 is 0 Å². The standard InChI is InChI=1S/C21H27NO4Si/c1-21(2,3)27(18-10-6-4-7-11-18,19-12-8-5-9-13-19)26-15-14-17(23)16-25-20(22)24/h4-13H,14-16H2,1-3H3,(H2,22,24). The van der Waals surface area contributed by atoms with Crippen LogP contribution >= 0.6 is 0 Å². The molecule has 0 fully saturated rings. The van der Waals surface area contributed by atoms with Crippen LogP contribution in [-0.4, -0.2) is 33.4 Å². The summed E-state index contributed by atoms with van der Waals surface area (Å²) in [6.45, 7) is 6.47. The molecule has 2 rings (SSSR count). The fourth-order valence-electron chi connectivity index (χ4n) is 3.30. The molecule has 0 radical (unpaired) electrons. The zero-order valence-electron chi connectivity index (χ0n) is 16.1. The van der Waals surface area contributed by atoms with Crippen molar-refractivity contribution in [3.05, 3.63) is 60.7 Å². The molecule has 6 heteroatoms. The quantitative estimate of drug-likeness (QED) is 0.709. The lowest BCUT2D eigenvalue weighted by atomic mass is 10.2. The molecule has 144 valence electrons. The maximum atomic E-state index is 12.0. The number of ether oxygens (including phenoxy) is 1. The first kappa shape index (κ1) is 20.9. The molecule has 0 unspecified atom stereocenters. The lowest BCUT2D eigenvalue weighted by Gasteiger charge is -2.43. The summed E-state index contributed by atoms with van der Waals surface area (Å²) in [5.41, 5.74) is 4.91. The number of carbonyl (C=O) groups excluding carboxylic acids is 2. The van der Waals surface area contributed by atoms with Crippen molar-refractivity contribution in [3.8, 4) is 0 Å². The van der Waals surface area contributed by atoms with Gasteiger partial charge in [0.05, 0.1) is 0 Å². The van der Waals surface area contributed by atoms with Gasteiger partial charge in [0, 0.05) is 13.0 Å². The zero-order valence-corrected chi connectivity index (χ0v) is 17.1. The fourth-order valence-corrected chi connectivity index (χ4v) is 7.87. The molecule has 1 amide bonds. The molecule has 0 aliphatic carbocycles. The van der Waals surface area contributed by atoms with Crippen LogP contribution in [0.15, 0.2) is 60.7 Å². The van der Waals surface area contributed by atoms with Gasteiger partial charge in [-0.1, -0.05) is 81.4 Å². The zero-order chi connectivity index (χ0) is 19.9. The van der Waals surface area contributed by atoms with Crippen LogP contribution in [0.1, 0.15) is 27.2 Å². The van der Waals surface area contributed by atoms with Gasteiger partial charge >= 0.3 is 6.09 Å². The van der Waals surface area contributed by atoms with Crippen LogP contribution in [0.4, 0.5) is 4.79 Å². The van der Waals surface area contributed by atoms with E-state index in [1.165, 1.54) is 0 Å². The minimum atomic E-state index is -2.65. The Hall–Kier alpha value is -2.44. The Bertz CT molecular complexity index is 717. The second-order valence-corrected chi connectivity index (χ2v) is 11.7. The Morgan fingerprint density at radius 2 is 1.41 bits per heavy atom. The number of ketones is 1. The van der Waals surface area contributed by atoms with E-state index in [4.69, 9.17) is 10.2 Å². The van der Waals surface area contributed by atoms with Crippen LogP contribution in [0.5, 0.6) is 0 Å². The second-order valence-electron chi connectivity index (χ2n) is 7.41. The maximum absolute atomic E-state index is 12.0. The first-order valence-corrected chi connectivity index (χ1v) is 10.9.